The Bertz CT molecular complexity index is 535. The van der Waals surface area contributed by atoms with Crippen LogP contribution >= 0.6 is 0 Å². The Kier molecular flexibility index (Phi) is 1.74. The number of hydrogen-bond acceptors (Lipinski definition) is 4. The molecule has 3 rings (SSSR count). The highest BCUT2D eigenvalue weighted by Gasteiger charge is 2.57. The van der Waals surface area contributed by atoms with Gasteiger partial charge in [0.15, 0.2) is 5.54 Å². The Balaban J connectivity index is 2.19. The van der Waals surface area contributed by atoms with Crippen LogP contribution in [-0.4, -0.2) is 23.5 Å². The van der Waals surface area contributed by atoms with E-state index in [2.05, 4.69) is 5.32 Å². The van der Waals surface area contributed by atoms with Crippen molar-refractivity contribution in [3.63, 3.8) is 0 Å². The van der Waals surface area contributed by atoms with Crippen molar-refractivity contribution in [3.8, 4) is 0 Å². The van der Waals surface area contributed by atoms with Gasteiger partial charge in [0.2, 0.25) is 0 Å². The van der Waals surface area contributed by atoms with Gasteiger partial charge in [0, 0.05) is 5.56 Å². The number of hydrogen-bond donors (Lipinski definition) is 2. The maximum atomic E-state index is 13.7. The van der Waals surface area contributed by atoms with E-state index in [1.165, 1.54) is 0 Å². The van der Waals surface area contributed by atoms with Crippen LogP contribution in [0.4, 0.5) is 15.0 Å². The first-order valence-electron chi connectivity index (χ1n) is 5.00. The molecule has 1 fully saturated rings. The van der Waals surface area contributed by atoms with E-state index in [1.807, 2.05) is 0 Å². The van der Waals surface area contributed by atoms with Crippen molar-refractivity contribution in [2.75, 3.05) is 11.7 Å². The summed E-state index contributed by atoms with van der Waals surface area (Å²) in [6.45, 7) is -0.259. The lowest BCUT2D eigenvalue weighted by atomic mass is 9.92. The lowest BCUT2D eigenvalue weighted by molar-refractivity contribution is -0.131. The minimum Gasteiger partial charge on any atom is -0.316 e. The first-order valence-corrected chi connectivity index (χ1v) is 5.00. The van der Waals surface area contributed by atoms with Crippen molar-refractivity contribution in [2.24, 2.45) is 5.84 Å². The first-order chi connectivity index (χ1) is 8.06. The number of imide groups is 1. The minimum atomic E-state index is -1.39. The van der Waals surface area contributed by atoms with Crippen LogP contribution in [0.3, 0.4) is 0 Å². The molecule has 0 aromatic heterocycles. The summed E-state index contributed by atoms with van der Waals surface area (Å²) in [6.07, 6.45) is 0. The highest BCUT2D eigenvalue weighted by Crippen LogP contribution is 2.42. The van der Waals surface area contributed by atoms with Gasteiger partial charge in [-0.3, -0.25) is 4.79 Å². The van der Waals surface area contributed by atoms with Crippen molar-refractivity contribution in [1.82, 2.24) is 10.3 Å². The van der Waals surface area contributed by atoms with Gasteiger partial charge >= 0.3 is 6.03 Å². The molecule has 0 radical (unpaired) electrons. The molecule has 1 saturated heterocycles. The highest BCUT2D eigenvalue weighted by molar-refractivity contribution is 6.08. The summed E-state index contributed by atoms with van der Waals surface area (Å²) in [5, 5.41) is 3.37. The number of nitrogens with zero attached hydrogens (tertiary/aromatic N) is 2. The second kappa shape index (κ2) is 2.95. The lowest BCUT2D eigenvalue weighted by Gasteiger charge is -2.19. The topological polar surface area (TPSA) is 78.7 Å². The van der Waals surface area contributed by atoms with Gasteiger partial charge in [-0.15, -0.1) is 0 Å². The molecule has 1 spiro atoms. The highest BCUT2D eigenvalue weighted by atomic mass is 19.2. The van der Waals surface area contributed by atoms with E-state index < -0.39 is 17.5 Å². The molecule has 7 heteroatoms. The zero-order valence-corrected chi connectivity index (χ0v) is 8.68. The zero-order valence-electron chi connectivity index (χ0n) is 8.68. The number of halogens is 1. The Morgan fingerprint density at radius 2 is 2.06 bits per heavy atom. The third kappa shape index (κ3) is 1.06. The van der Waals surface area contributed by atoms with Gasteiger partial charge in [0.25, 0.3) is 5.91 Å². The number of nitrogens with two attached hydrogens (primary N) is 1. The molecule has 1 aromatic rings. The van der Waals surface area contributed by atoms with Gasteiger partial charge in [0.1, 0.15) is 0 Å². The quantitative estimate of drug-likeness (QED) is 0.288. The fourth-order valence-corrected chi connectivity index (χ4v) is 2.31. The monoisotopic (exact) mass is 236 g/mol. The Morgan fingerprint density at radius 3 is 2.71 bits per heavy atom. The fourth-order valence-electron chi connectivity index (χ4n) is 2.31. The molecular formula is C10H9FN4O2. The number of benzene rings is 1. The van der Waals surface area contributed by atoms with Gasteiger partial charge < -0.3 is 5.32 Å². The Labute approximate surface area is 95.7 Å². The van der Waals surface area contributed by atoms with Crippen molar-refractivity contribution in [3.05, 3.63) is 29.8 Å². The van der Waals surface area contributed by atoms with E-state index in [1.54, 1.807) is 24.3 Å². The van der Waals surface area contributed by atoms with Gasteiger partial charge in [-0.25, -0.2) is 15.8 Å². The number of urea groups is 1. The molecule has 0 aliphatic carbocycles. The summed E-state index contributed by atoms with van der Waals surface area (Å²) in [5.74, 6) is 4.67. The molecule has 17 heavy (non-hydrogen) atoms. The van der Waals surface area contributed by atoms with Crippen molar-refractivity contribution >= 4 is 17.6 Å². The summed E-state index contributed by atoms with van der Waals surface area (Å²) < 4.78 is 13.7. The summed E-state index contributed by atoms with van der Waals surface area (Å²) >= 11 is 0. The van der Waals surface area contributed by atoms with Gasteiger partial charge in [-0.05, 0) is 6.07 Å². The molecule has 2 aliphatic rings. The van der Waals surface area contributed by atoms with E-state index in [-0.39, 0.29) is 12.2 Å². The smallest absolute Gasteiger partial charge is 0.316 e. The van der Waals surface area contributed by atoms with Crippen LogP contribution in [0.1, 0.15) is 5.56 Å². The number of nitrogens with one attached hydrogen (secondary N) is 1. The molecule has 2 aliphatic heterocycles. The molecule has 1 atom stereocenters. The normalized spacial score (nSPS) is 26.7. The van der Waals surface area contributed by atoms with Gasteiger partial charge in [0.05, 0.1) is 12.2 Å². The third-order valence-electron chi connectivity index (χ3n) is 3.12. The van der Waals surface area contributed by atoms with Crippen molar-refractivity contribution in [2.45, 2.75) is 5.54 Å². The van der Waals surface area contributed by atoms with E-state index in [4.69, 9.17) is 5.84 Å². The maximum absolute atomic E-state index is 13.7. The SMILES string of the molecule is NN1C(=O)NC2(CN(F)c3ccccc32)C1=O. The predicted octanol–water partition coefficient (Wildman–Crippen LogP) is 0.0119. The van der Waals surface area contributed by atoms with Crippen LogP contribution in [0.25, 0.3) is 0 Å². The molecular weight excluding hydrogens is 227 g/mol. The molecule has 1 aromatic carbocycles. The number of fused-ring (bicyclic) bond motifs is 2. The standard InChI is InChI=1S/C10H9FN4O2/c11-14-5-10(6-3-1-2-4-7(6)14)8(16)15(12)9(17)13-10/h1-4H,5,12H2,(H,13,17). The number of amides is 3. The van der Waals surface area contributed by atoms with Crippen LogP contribution in [0.2, 0.25) is 0 Å². The number of para-hydroxylation sites is 1. The number of anilines is 1. The average molecular weight is 236 g/mol. The molecule has 3 amide bonds. The molecule has 3 N–H and O–H groups in total. The first kappa shape index (κ1) is 10.0. The molecule has 6 nitrogen and oxygen atoms in total. The van der Waals surface area contributed by atoms with Crippen LogP contribution in [-0.2, 0) is 10.3 Å². The third-order valence-corrected chi connectivity index (χ3v) is 3.12. The van der Waals surface area contributed by atoms with Crippen molar-refractivity contribution in [1.29, 1.82) is 0 Å². The molecule has 88 valence electrons. The molecule has 1 unspecified atom stereocenters. The van der Waals surface area contributed by atoms with E-state index in [9.17, 15) is 14.1 Å². The summed E-state index contributed by atoms with van der Waals surface area (Å²) in [4.78, 5) is 23.4. The maximum Gasteiger partial charge on any atom is 0.339 e. The zero-order chi connectivity index (χ0) is 12.2. The predicted molar refractivity (Wildman–Crippen MR) is 56.1 cm³/mol. The second-order valence-corrected chi connectivity index (χ2v) is 4.05. The summed E-state index contributed by atoms with van der Waals surface area (Å²) in [5.41, 5.74) is -0.692. The Hall–Kier alpha value is -2.15. The van der Waals surface area contributed by atoms with Gasteiger partial charge in [-0.2, -0.15) is 5.01 Å². The minimum absolute atomic E-state index is 0.259. The largest absolute Gasteiger partial charge is 0.339 e. The van der Waals surface area contributed by atoms with E-state index in [0.29, 0.717) is 15.7 Å². The molecule has 2 heterocycles. The number of carbonyl (C=O) groups excluding carboxylic acids is 2. The van der Waals surface area contributed by atoms with Crippen LogP contribution in [0.15, 0.2) is 24.3 Å². The van der Waals surface area contributed by atoms with Gasteiger partial charge in [-0.1, -0.05) is 22.7 Å². The van der Waals surface area contributed by atoms with Crippen LogP contribution in [0, 0.1) is 0 Å². The Morgan fingerprint density at radius 1 is 1.35 bits per heavy atom. The van der Waals surface area contributed by atoms with Crippen LogP contribution in [0.5, 0.6) is 0 Å². The number of hydrazine groups is 1. The number of carbonyl (C=O) groups is 2. The molecule has 0 saturated carbocycles. The summed E-state index contributed by atoms with van der Waals surface area (Å²) in [6, 6.07) is 5.76. The summed E-state index contributed by atoms with van der Waals surface area (Å²) in [7, 11) is 0. The average Bonchev–Trinajstić information content (AvgIpc) is 2.72. The van der Waals surface area contributed by atoms with E-state index in [0.717, 1.165) is 0 Å². The fraction of sp³-hybridized carbons (Fsp3) is 0.200. The second-order valence-electron chi connectivity index (χ2n) is 4.05. The van der Waals surface area contributed by atoms with Crippen LogP contribution < -0.4 is 16.3 Å². The van der Waals surface area contributed by atoms with Crippen molar-refractivity contribution < 1.29 is 14.1 Å². The van der Waals surface area contributed by atoms with E-state index >= 15 is 0 Å². The lowest BCUT2D eigenvalue weighted by Crippen LogP contribution is -2.47. The molecule has 0 bridgehead atoms. The number of rotatable bonds is 0.